The number of para-hydroxylation sites is 1. The van der Waals surface area contributed by atoms with Gasteiger partial charge >= 0.3 is 5.69 Å². The second kappa shape index (κ2) is 7.51. The van der Waals surface area contributed by atoms with Crippen LogP contribution in [0.4, 0.5) is 11.6 Å². The van der Waals surface area contributed by atoms with E-state index in [9.17, 15) is 9.59 Å². The first-order valence-corrected chi connectivity index (χ1v) is 10.9. The highest BCUT2D eigenvalue weighted by Gasteiger charge is 2.30. The van der Waals surface area contributed by atoms with Crippen molar-refractivity contribution in [2.24, 2.45) is 13.0 Å². The summed E-state index contributed by atoms with van der Waals surface area (Å²) in [4.78, 5) is 33.7. The minimum absolute atomic E-state index is 0.237. The second-order valence-electron chi connectivity index (χ2n) is 8.92. The van der Waals surface area contributed by atoms with Gasteiger partial charge in [-0.15, -0.1) is 0 Å². The smallest absolute Gasteiger partial charge is 0.311 e. The molecule has 0 fully saturated rings. The molecule has 0 N–H and O–H groups in total. The third-order valence-electron chi connectivity index (χ3n) is 6.27. The molecule has 1 aliphatic heterocycles. The Hall–Kier alpha value is -3.61. The van der Waals surface area contributed by atoms with Crippen LogP contribution in [0.1, 0.15) is 23.6 Å². The molecule has 0 saturated heterocycles. The number of hydrogen-bond acceptors (Lipinski definition) is 4. The molecule has 7 nitrogen and oxygen atoms in total. The lowest BCUT2D eigenvalue weighted by atomic mass is 10.1. The average molecular weight is 430 g/mol. The zero-order chi connectivity index (χ0) is 22.6. The zero-order valence-electron chi connectivity index (χ0n) is 18.9. The van der Waals surface area contributed by atoms with Gasteiger partial charge < -0.3 is 9.47 Å². The van der Waals surface area contributed by atoms with E-state index in [0.717, 1.165) is 28.9 Å². The summed E-state index contributed by atoms with van der Waals surface area (Å²) >= 11 is 0. The highest BCUT2D eigenvalue weighted by atomic mass is 16.2. The van der Waals surface area contributed by atoms with Gasteiger partial charge in [0, 0.05) is 25.8 Å². The highest BCUT2D eigenvalue weighted by molar-refractivity contribution is 5.77. The van der Waals surface area contributed by atoms with Crippen molar-refractivity contribution < 1.29 is 0 Å². The Morgan fingerprint density at radius 1 is 1.03 bits per heavy atom. The molecule has 7 heteroatoms. The molecule has 5 rings (SSSR count). The van der Waals surface area contributed by atoms with Crippen molar-refractivity contribution in [3.63, 3.8) is 0 Å². The lowest BCUT2D eigenvalue weighted by molar-refractivity contribution is 0.457. The highest BCUT2D eigenvalue weighted by Crippen LogP contribution is 2.34. The molecule has 0 amide bonds. The third-order valence-corrected chi connectivity index (χ3v) is 6.27. The number of aromatic nitrogens is 4. The first kappa shape index (κ1) is 20.3. The van der Waals surface area contributed by atoms with Crippen molar-refractivity contribution in [3.05, 3.63) is 86.1 Å². The van der Waals surface area contributed by atoms with Crippen molar-refractivity contribution in [1.82, 2.24) is 18.7 Å². The summed E-state index contributed by atoms with van der Waals surface area (Å²) in [5, 5.41) is 0. The van der Waals surface area contributed by atoms with Crippen LogP contribution in [0.2, 0.25) is 0 Å². The summed E-state index contributed by atoms with van der Waals surface area (Å²) in [6, 6.07) is 16.1. The Bertz CT molecular complexity index is 1460. The van der Waals surface area contributed by atoms with Gasteiger partial charge in [0.15, 0.2) is 11.2 Å². The number of hydrogen-bond donors (Lipinski definition) is 0. The van der Waals surface area contributed by atoms with Gasteiger partial charge in [0.1, 0.15) is 0 Å². The Kier molecular flexibility index (Phi) is 4.77. The van der Waals surface area contributed by atoms with Crippen LogP contribution < -0.4 is 16.1 Å². The van der Waals surface area contributed by atoms with Crippen LogP contribution >= 0.6 is 0 Å². The topological polar surface area (TPSA) is 65.1 Å². The molecule has 3 heterocycles. The summed E-state index contributed by atoms with van der Waals surface area (Å²) in [5.41, 5.74) is 4.52. The molecule has 1 aliphatic rings. The van der Waals surface area contributed by atoms with Crippen LogP contribution in [0.5, 0.6) is 0 Å². The number of rotatable bonds is 3. The van der Waals surface area contributed by atoms with Gasteiger partial charge in [-0.25, -0.2) is 4.79 Å². The van der Waals surface area contributed by atoms with E-state index < -0.39 is 0 Å². The normalized spacial score (nSPS) is 15.9. The summed E-state index contributed by atoms with van der Waals surface area (Å²) in [5.74, 6) is 1.04. The molecular formula is C25H27N5O2. The quantitative estimate of drug-likeness (QED) is 0.501. The van der Waals surface area contributed by atoms with E-state index in [1.807, 2.05) is 47.9 Å². The molecule has 2 aromatic carbocycles. The van der Waals surface area contributed by atoms with Crippen LogP contribution in [0, 0.1) is 19.8 Å². The zero-order valence-corrected chi connectivity index (χ0v) is 18.9. The fourth-order valence-electron chi connectivity index (χ4n) is 4.71. The van der Waals surface area contributed by atoms with E-state index in [4.69, 9.17) is 4.98 Å². The SMILES string of the molecule is Cc1cccc(Cn2c(=O)c3c(nc4n3C[C@H](C)CN4c3ccccc3C)n(C)c2=O)c1. The number of anilines is 2. The molecule has 1 atom stereocenters. The van der Waals surface area contributed by atoms with Crippen molar-refractivity contribution in [2.75, 3.05) is 11.4 Å². The molecule has 0 bridgehead atoms. The van der Waals surface area contributed by atoms with Crippen LogP contribution in [0.3, 0.4) is 0 Å². The van der Waals surface area contributed by atoms with Crippen molar-refractivity contribution in [2.45, 2.75) is 33.9 Å². The Balaban J connectivity index is 1.74. The summed E-state index contributed by atoms with van der Waals surface area (Å²) in [7, 11) is 1.69. The number of fused-ring (bicyclic) bond motifs is 3. The third kappa shape index (κ3) is 3.16. The summed E-state index contributed by atoms with van der Waals surface area (Å²) < 4.78 is 4.81. The van der Waals surface area contributed by atoms with Crippen LogP contribution in [-0.4, -0.2) is 25.2 Å². The Morgan fingerprint density at radius 3 is 2.56 bits per heavy atom. The van der Waals surface area contributed by atoms with Gasteiger partial charge in [-0.1, -0.05) is 55.0 Å². The fourth-order valence-corrected chi connectivity index (χ4v) is 4.71. The van der Waals surface area contributed by atoms with Crippen molar-refractivity contribution in [1.29, 1.82) is 0 Å². The number of nitrogens with zero attached hydrogens (tertiary/aromatic N) is 5. The molecule has 4 aromatic rings. The van der Waals surface area contributed by atoms with Gasteiger partial charge in [0.25, 0.3) is 5.56 Å². The largest absolute Gasteiger partial charge is 0.332 e. The van der Waals surface area contributed by atoms with E-state index in [1.165, 1.54) is 9.13 Å². The number of aryl methyl sites for hydroxylation is 3. The van der Waals surface area contributed by atoms with E-state index in [0.29, 0.717) is 29.6 Å². The Morgan fingerprint density at radius 2 is 1.81 bits per heavy atom. The molecule has 164 valence electrons. The maximum atomic E-state index is 13.6. The molecular weight excluding hydrogens is 402 g/mol. The van der Waals surface area contributed by atoms with E-state index in [1.54, 1.807) is 7.05 Å². The lowest BCUT2D eigenvalue weighted by Crippen LogP contribution is -2.40. The maximum absolute atomic E-state index is 13.6. The van der Waals surface area contributed by atoms with Crippen molar-refractivity contribution in [3.8, 4) is 0 Å². The number of benzene rings is 2. The van der Waals surface area contributed by atoms with E-state index >= 15 is 0 Å². The number of imidazole rings is 1. The minimum atomic E-state index is -0.352. The molecule has 0 radical (unpaired) electrons. The van der Waals surface area contributed by atoms with Crippen molar-refractivity contribution >= 4 is 22.8 Å². The first-order valence-electron chi connectivity index (χ1n) is 10.9. The summed E-state index contributed by atoms with van der Waals surface area (Å²) in [6.45, 7) is 7.98. The van der Waals surface area contributed by atoms with Gasteiger partial charge in [-0.3, -0.25) is 13.9 Å². The van der Waals surface area contributed by atoms with E-state index in [2.05, 4.69) is 30.9 Å². The van der Waals surface area contributed by atoms with Gasteiger partial charge in [-0.05, 0) is 37.0 Å². The van der Waals surface area contributed by atoms with Crippen LogP contribution in [0.25, 0.3) is 11.2 Å². The van der Waals surface area contributed by atoms with Gasteiger partial charge in [-0.2, -0.15) is 4.98 Å². The standard InChI is InChI=1S/C25H27N5O2/c1-16-8-7-10-19(12-16)15-30-23(31)21-22(27(4)25(30)32)26-24-28(13-17(2)14-29(21)24)20-11-6-5-9-18(20)3/h5-12,17H,13-15H2,1-4H3/t17-/m1/s1. The minimum Gasteiger partial charge on any atom is -0.311 e. The Labute approximate surface area is 186 Å². The summed E-state index contributed by atoms with van der Waals surface area (Å²) in [6.07, 6.45) is 0. The predicted molar refractivity (Wildman–Crippen MR) is 127 cm³/mol. The molecule has 0 saturated carbocycles. The van der Waals surface area contributed by atoms with Crippen LogP contribution in [0.15, 0.2) is 58.1 Å². The van der Waals surface area contributed by atoms with Gasteiger partial charge in [0.05, 0.1) is 6.54 Å². The fraction of sp³-hybridized carbons (Fsp3) is 0.320. The predicted octanol–water partition coefficient (Wildman–Crippen LogP) is 3.35. The second-order valence-corrected chi connectivity index (χ2v) is 8.92. The first-order chi connectivity index (χ1) is 15.3. The van der Waals surface area contributed by atoms with Crippen LogP contribution in [-0.2, 0) is 20.1 Å². The molecule has 0 unspecified atom stereocenters. The monoisotopic (exact) mass is 429 g/mol. The molecule has 2 aromatic heterocycles. The molecule has 0 aliphatic carbocycles. The van der Waals surface area contributed by atoms with E-state index in [-0.39, 0.29) is 17.8 Å². The molecule has 32 heavy (non-hydrogen) atoms. The lowest BCUT2D eigenvalue weighted by Gasteiger charge is -2.33. The van der Waals surface area contributed by atoms with Gasteiger partial charge in [0.2, 0.25) is 5.95 Å². The maximum Gasteiger partial charge on any atom is 0.332 e. The average Bonchev–Trinajstić information content (AvgIpc) is 3.15. The molecule has 0 spiro atoms.